The number of carbonyl (C=O) groups is 2. The summed E-state index contributed by atoms with van der Waals surface area (Å²) in [5.74, 6) is -0.313. The number of ketones is 1. The number of benzene rings is 2. The second-order valence-electron chi connectivity index (χ2n) is 6.93. The molecule has 0 radical (unpaired) electrons. The van der Waals surface area contributed by atoms with E-state index < -0.39 is 5.92 Å². The number of ether oxygens (including phenoxy) is 1. The molecule has 0 saturated heterocycles. The summed E-state index contributed by atoms with van der Waals surface area (Å²) in [7, 11) is 1.56. The number of carbonyl (C=O) groups excluding carboxylic acids is 2. The van der Waals surface area contributed by atoms with Gasteiger partial charge in [0, 0.05) is 24.9 Å². The Labute approximate surface area is 170 Å². The lowest BCUT2D eigenvalue weighted by Crippen LogP contribution is -2.30. The van der Waals surface area contributed by atoms with Crippen LogP contribution in [0.4, 0.5) is 0 Å². The van der Waals surface area contributed by atoms with E-state index in [0.717, 1.165) is 11.1 Å². The molecule has 2 aromatic rings. The van der Waals surface area contributed by atoms with Crippen LogP contribution in [0.15, 0.2) is 42.5 Å². The minimum atomic E-state index is -0.497. The minimum absolute atomic E-state index is 0.0195. The molecule has 0 spiro atoms. The van der Waals surface area contributed by atoms with E-state index in [1.807, 2.05) is 38.1 Å². The summed E-state index contributed by atoms with van der Waals surface area (Å²) in [6.45, 7) is 3.77. The Bertz CT molecular complexity index is 818. The van der Waals surface area contributed by atoms with Crippen molar-refractivity contribution < 1.29 is 19.4 Å². The Hall–Kier alpha value is -2.37. The molecule has 2 rings (SSSR count). The molecule has 28 heavy (non-hydrogen) atoms. The smallest absolute Gasteiger partial charge is 0.223 e. The van der Waals surface area contributed by atoms with E-state index in [0.29, 0.717) is 22.8 Å². The largest absolute Gasteiger partial charge is 0.489 e. The summed E-state index contributed by atoms with van der Waals surface area (Å²) in [6.07, 6.45) is 0.482. The van der Waals surface area contributed by atoms with Crippen molar-refractivity contribution in [1.82, 2.24) is 5.32 Å². The van der Waals surface area contributed by atoms with Crippen LogP contribution in [0, 0.1) is 5.92 Å². The van der Waals surface area contributed by atoms with Gasteiger partial charge in [-0.3, -0.25) is 9.59 Å². The predicted octanol–water partition coefficient (Wildman–Crippen LogP) is 3.80. The molecule has 0 aliphatic rings. The molecule has 0 fully saturated rings. The SMILES string of the molecule is CNC(=O)[C@@H](CC(=O)c1ccc(OC(C)C)c(Cl)c1)Cc1ccc(CO)cc1. The molecule has 0 aliphatic carbocycles. The van der Waals surface area contributed by atoms with Gasteiger partial charge in [0.1, 0.15) is 5.75 Å². The van der Waals surface area contributed by atoms with E-state index in [1.54, 1.807) is 25.2 Å². The van der Waals surface area contributed by atoms with Crippen molar-refractivity contribution in [2.45, 2.75) is 39.4 Å². The van der Waals surface area contributed by atoms with Crippen molar-refractivity contribution in [3.63, 3.8) is 0 Å². The molecule has 2 aromatic carbocycles. The maximum atomic E-state index is 12.7. The van der Waals surface area contributed by atoms with Crippen LogP contribution in [0.3, 0.4) is 0 Å². The number of hydrogen-bond acceptors (Lipinski definition) is 4. The molecule has 0 heterocycles. The highest BCUT2D eigenvalue weighted by atomic mass is 35.5. The zero-order valence-electron chi connectivity index (χ0n) is 16.4. The van der Waals surface area contributed by atoms with Gasteiger partial charge in [0.2, 0.25) is 5.91 Å². The first kappa shape index (κ1) is 21.9. The zero-order valence-corrected chi connectivity index (χ0v) is 17.1. The van der Waals surface area contributed by atoms with Gasteiger partial charge in [-0.1, -0.05) is 35.9 Å². The number of amides is 1. The third-order valence-electron chi connectivity index (χ3n) is 4.35. The molecule has 0 aliphatic heterocycles. The van der Waals surface area contributed by atoms with Crippen LogP contribution in [0.5, 0.6) is 5.75 Å². The fourth-order valence-corrected chi connectivity index (χ4v) is 3.12. The van der Waals surface area contributed by atoms with Gasteiger partial charge in [0.05, 0.1) is 17.7 Å². The van der Waals surface area contributed by atoms with Gasteiger partial charge in [-0.05, 0) is 49.6 Å². The quantitative estimate of drug-likeness (QED) is 0.624. The Kier molecular flexibility index (Phi) is 8.03. The van der Waals surface area contributed by atoms with Crippen LogP contribution in [0.2, 0.25) is 5.02 Å². The molecule has 1 atom stereocenters. The average Bonchev–Trinajstić information content (AvgIpc) is 2.68. The summed E-state index contributed by atoms with van der Waals surface area (Å²) in [5.41, 5.74) is 2.18. The maximum Gasteiger partial charge on any atom is 0.223 e. The Morgan fingerprint density at radius 1 is 1.11 bits per heavy atom. The number of nitrogens with one attached hydrogen (secondary N) is 1. The second kappa shape index (κ2) is 10.2. The lowest BCUT2D eigenvalue weighted by Gasteiger charge is -2.16. The van der Waals surface area contributed by atoms with E-state index in [2.05, 4.69) is 5.32 Å². The van der Waals surface area contributed by atoms with Crippen molar-refractivity contribution in [3.8, 4) is 5.75 Å². The molecule has 5 nitrogen and oxygen atoms in total. The second-order valence-corrected chi connectivity index (χ2v) is 7.34. The van der Waals surface area contributed by atoms with Crippen molar-refractivity contribution in [3.05, 3.63) is 64.2 Å². The molecule has 150 valence electrons. The molecule has 2 N–H and O–H groups in total. The van der Waals surface area contributed by atoms with E-state index in [9.17, 15) is 9.59 Å². The number of Topliss-reactive ketones (excluding diaryl/α,β-unsaturated/α-hetero) is 1. The highest BCUT2D eigenvalue weighted by molar-refractivity contribution is 6.32. The van der Waals surface area contributed by atoms with Gasteiger partial charge in [0.25, 0.3) is 0 Å². The Morgan fingerprint density at radius 3 is 2.29 bits per heavy atom. The van der Waals surface area contributed by atoms with Crippen LogP contribution < -0.4 is 10.1 Å². The molecule has 0 bridgehead atoms. The lowest BCUT2D eigenvalue weighted by atomic mass is 9.91. The third kappa shape index (κ3) is 6.08. The number of halogens is 1. The summed E-state index contributed by atoms with van der Waals surface area (Å²) in [5, 5.41) is 12.1. The van der Waals surface area contributed by atoms with Gasteiger partial charge in [-0.25, -0.2) is 0 Å². The summed E-state index contributed by atoms with van der Waals surface area (Å²) in [6, 6.07) is 12.3. The average molecular weight is 404 g/mol. The van der Waals surface area contributed by atoms with Gasteiger partial charge in [-0.2, -0.15) is 0 Å². The first-order chi connectivity index (χ1) is 13.3. The topological polar surface area (TPSA) is 75.6 Å². The van der Waals surface area contributed by atoms with Crippen LogP contribution in [-0.2, 0) is 17.8 Å². The van der Waals surface area contributed by atoms with Crippen LogP contribution in [-0.4, -0.2) is 29.9 Å². The summed E-state index contributed by atoms with van der Waals surface area (Å²) < 4.78 is 5.59. The first-order valence-corrected chi connectivity index (χ1v) is 9.61. The van der Waals surface area contributed by atoms with E-state index in [1.165, 1.54) is 0 Å². The van der Waals surface area contributed by atoms with Gasteiger partial charge in [0.15, 0.2) is 5.78 Å². The molecule has 0 unspecified atom stereocenters. The first-order valence-electron chi connectivity index (χ1n) is 9.23. The number of aliphatic hydroxyl groups excluding tert-OH is 1. The van der Waals surface area contributed by atoms with Gasteiger partial charge >= 0.3 is 0 Å². The van der Waals surface area contributed by atoms with Crippen LogP contribution in [0.1, 0.15) is 41.8 Å². The monoisotopic (exact) mass is 403 g/mol. The molecule has 6 heteroatoms. The van der Waals surface area contributed by atoms with Crippen molar-refractivity contribution >= 4 is 23.3 Å². The Morgan fingerprint density at radius 2 is 1.75 bits per heavy atom. The maximum absolute atomic E-state index is 12.7. The predicted molar refractivity (Wildman–Crippen MR) is 110 cm³/mol. The van der Waals surface area contributed by atoms with Crippen LogP contribution in [0.25, 0.3) is 0 Å². The minimum Gasteiger partial charge on any atom is -0.489 e. The fraction of sp³-hybridized carbons (Fsp3) is 0.364. The van der Waals surface area contributed by atoms with Crippen molar-refractivity contribution in [2.75, 3.05) is 7.05 Å². The standard InChI is InChI=1S/C22H26ClNO4/c1-14(2)28-21-9-8-17(11-19(21)23)20(26)12-18(22(27)24-3)10-15-4-6-16(13-25)7-5-15/h4-9,11,14,18,25H,10,12-13H2,1-3H3,(H,24,27)/t18-/m1/s1. The molecule has 0 aromatic heterocycles. The number of aliphatic hydroxyl groups is 1. The third-order valence-corrected chi connectivity index (χ3v) is 4.65. The molecule has 0 saturated carbocycles. The highest BCUT2D eigenvalue weighted by Crippen LogP contribution is 2.27. The van der Waals surface area contributed by atoms with E-state index in [4.69, 9.17) is 21.4 Å². The van der Waals surface area contributed by atoms with E-state index >= 15 is 0 Å². The molecular formula is C22H26ClNO4. The zero-order chi connectivity index (χ0) is 20.7. The van der Waals surface area contributed by atoms with Gasteiger partial charge < -0.3 is 15.2 Å². The summed E-state index contributed by atoms with van der Waals surface area (Å²) >= 11 is 6.23. The van der Waals surface area contributed by atoms with Crippen molar-refractivity contribution in [1.29, 1.82) is 0 Å². The molecule has 1 amide bonds. The number of rotatable bonds is 9. The fourth-order valence-electron chi connectivity index (χ4n) is 2.89. The van der Waals surface area contributed by atoms with Crippen LogP contribution >= 0.6 is 11.6 Å². The molecular weight excluding hydrogens is 378 g/mol. The van der Waals surface area contributed by atoms with Gasteiger partial charge in [-0.15, -0.1) is 0 Å². The van der Waals surface area contributed by atoms with E-state index in [-0.39, 0.29) is 30.8 Å². The summed E-state index contributed by atoms with van der Waals surface area (Å²) in [4.78, 5) is 25.0. The normalized spacial score (nSPS) is 11.9. The highest BCUT2D eigenvalue weighted by Gasteiger charge is 2.23. The Balaban J connectivity index is 2.13. The van der Waals surface area contributed by atoms with Crippen molar-refractivity contribution in [2.24, 2.45) is 5.92 Å². The lowest BCUT2D eigenvalue weighted by molar-refractivity contribution is -0.124. The number of hydrogen-bond donors (Lipinski definition) is 2.